The van der Waals surface area contributed by atoms with E-state index in [9.17, 15) is 62.6 Å². The Morgan fingerprint density at radius 2 is 1.41 bits per heavy atom. The molecule has 564 valence electrons. The van der Waals surface area contributed by atoms with Crippen molar-refractivity contribution in [3.05, 3.63) is 65.7 Å². The molecule has 0 spiro atoms. The van der Waals surface area contributed by atoms with E-state index in [1.807, 2.05) is 32.0 Å². The Labute approximate surface area is 598 Å². The van der Waals surface area contributed by atoms with Crippen LogP contribution in [-0.2, 0) is 68.8 Å². The summed E-state index contributed by atoms with van der Waals surface area (Å²) in [5, 5.41) is 35.9. The quantitative estimate of drug-likeness (QED) is 0.0325. The Kier molecular flexibility index (Phi) is 35.4. The molecule has 2 saturated heterocycles. The largest absolute Gasteiger partial charge is 0.480 e. The lowest BCUT2D eigenvalue weighted by atomic mass is 9.89. The molecule has 2 aromatic carbocycles. The summed E-state index contributed by atoms with van der Waals surface area (Å²) in [5.74, 6) is -7.50. The van der Waals surface area contributed by atoms with Crippen molar-refractivity contribution in [2.75, 3.05) is 59.0 Å². The summed E-state index contributed by atoms with van der Waals surface area (Å²) in [6.45, 7) is 18.4. The third-order valence-corrected chi connectivity index (χ3v) is 20.1. The summed E-state index contributed by atoms with van der Waals surface area (Å²) >= 11 is 1.03. The number of hydrogen-bond donors (Lipinski definition) is 10. The highest BCUT2D eigenvalue weighted by atomic mass is 32.2. The zero-order valence-corrected chi connectivity index (χ0v) is 62.0. The number of primary amides is 1. The Bertz CT molecular complexity index is 3090. The molecule has 4 rings (SSSR count). The van der Waals surface area contributed by atoms with Gasteiger partial charge >= 0.3 is 18.1 Å². The van der Waals surface area contributed by atoms with E-state index in [2.05, 4.69) is 31.9 Å². The molecule has 0 saturated carbocycles. The number of likely N-dealkylation sites (tertiary alicyclic amines) is 2. The third-order valence-electron chi connectivity index (χ3n) is 18.8. The number of carboxylic acids is 1. The number of nitrogens with zero attached hydrogens (tertiary/aromatic N) is 4. The first kappa shape index (κ1) is 85.5. The second-order valence-corrected chi connectivity index (χ2v) is 28.7. The van der Waals surface area contributed by atoms with Crippen LogP contribution >= 0.6 is 11.8 Å². The number of rotatable bonds is 42. The van der Waals surface area contributed by atoms with Gasteiger partial charge in [-0.2, -0.15) is 0 Å². The molecule has 1 unspecified atom stereocenters. The molecule has 0 bridgehead atoms. The highest BCUT2D eigenvalue weighted by molar-refractivity contribution is 8.00. The average Bonchev–Trinajstić information content (AvgIpc) is 1.80. The van der Waals surface area contributed by atoms with Crippen LogP contribution in [0.1, 0.15) is 157 Å². The number of urea groups is 1. The molecule has 2 aliphatic rings. The van der Waals surface area contributed by atoms with E-state index in [0.29, 0.717) is 61.9 Å². The van der Waals surface area contributed by atoms with Crippen molar-refractivity contribution < 1.29 is 82.0 Å². The van der Waals surface area contributed by atoms with Crippen LogP contribution < -0.4 is 43.4 Å². The van der Waals surface area contributed by atoms with Crippen molar-refractivity contribution in [3.63, 3.8) is 0 Å². The molecular formula is C71H112N12O17S. The van der Waals surface area contributed by atoms with Crippen molar-refractivity contribution in [3.8, 4) is 0 Å². The smallest absolute Gasteiger partial charge is 0.410 e. The van der Waals surface area contributed by atoms with Crippen LogP contribution in [0, 0.1) is 29.6 Å². The summed E-state index contributed by atoms with van der Waals surface area (Å²) < 4.78 is 17.8. The van der Waals surface area contributed by atoms with E-state index >= 15 is 0 Å². The Balaban J connectivity index is 1.35. The number of thioether (sulfide) groups is 1. The Hall–Kier alpha value is -7.93. The molecule has 101 heavy (non-hydrogen) atoms. The fraction of sp³-hybridized carbons (Fsp3) is 0.662. The van der Waals surface area contributed by atoms with E-state index in [0.717, 1.165) is 21.6 Å². The summed E-state index contributed by atoms with van der Waals surface area (Å²) in [6.07, 6.45) is 0.0330. The van der Waals surface area contributed by atoms with E-state index < -0.39 is 149 Å². The maximum absolute atomic E-state index is 14.8. The number of nitrogens with one attached hydrogen (secondary N) is 6. The number of carbonyl (C=O) groups excluding carboxylic acids is 11. The number of aliphatic carboxylic acids is 1. The van der Waals surface area contributed by atoms with Gasteiger partial charge in [0.1, 0.15) is 36.8 Å². The lowest BCUT2D eigenvalue weighted by Gasteiger charge is -2.41. The number of methoxy groups -OCH3 is 2. The number of aliphatic hydroxyl groups excluding tert-OH is 1. The number of amides is 12. The molecule has 14 atom stereocenters. The number of nitrogens with two attached hydrogens (primary N) is 2. The zero-order chi connectivity index (χ0) is 75.5. The fourth-order valence-corrected chi connectivity index (χ4v) is 13.8. The Morgan fingerprint density at radius 3 is 1.99 bits per heavy atom. The summed E-state index contributed by atoms with van der Waals surface area (Å²) in [7, 11) is 6.05. The monoisotopic (exact) mass is 1440 g/mol. The van der Waals surface area contributed by atoms with Gasteiger partial charge < -0.3 is 77.6 Å². The van der Waals surface area contributed by atoms with Crippen LogP contribution in [0.15, 0.2) is 54.6 Å². The van der Waals surface area contributed by atoms with Crippen LogP contribution in [0.3, 0.4) is 0 Å². The second-order valence-electron chi connectivity index (χ2n) is 27.5. The SMILES string of the molecule is CC[C@H](C)[C@@H]([C@@H](CC(=O)N1CCC[C@H]1[C@H](OC)[C@@H](C)C(=O)N[C@H](C)[C@@H](O)c1ccccc1)OC)N(C)C(=O)[C@@H](NC(=O)[C@H](C(C)C)N(C)C(=O)OCc1ccc(NC(=O)[C@H](CCCNC(N)=O)NC(=O)[C@@H](NC(=O)CCCCCN2C(=O)CC(SC[C@@H](N)C(=O)O)C2=O)C(C)C)cc1)C(C)C. The van der Waals surface area contributed by atoms with E-state index in [1.54, 1.807) is 109 Å². The van der Waals surface area contributed by atoms with Gasteiger partial charge in [0.2, 0.25) is 53.2 Å². The third kappa shape index (κ3) is 25.5. The molecule has 0 radical (unpaired) electrons. The topological polar surface area (TPSA) is 410 Å². The number of imide groups is 1. The van der Waals surface area contributed by atoms with Gasteiger partial charge in [-0.3, -0.25) is 57.7 Å². The molecule has 2 heterocycles. The summed E-state index contributed by atoms with van der Waals surface area (Å²) in [4.78, 5) is 166. The van der Waals surface area contributed by atoms with E-state index in [1.165, 1.54) is 21.3 Å². The number of benzene rings is 2. The number of ether oxygens (including phenoxy) is 3. The molecular weight excluding hydrogens is 1320 g/mol. The molecule has 0 aromatic heterocycles. The minimum atomic E-state index is -1.21. The second kappa shape index (κ2) is 41.9. The van der Waals surface area contributed by atoms with Crippen molar-refractivity contribution in [1.29, 1.82) is 0 Å². The van der Waals surface area contributed by atoms with Gasteiger partial charge in [-0.05, 0) is 92.4 Å². The van der Waals surface area contributed by atoms with Gasteiger partial charge in [-0.25, -0.2) is 9.59 Å². The maximum atomic E-state index is 14.8. The molecule has 0 aliphatic carbocycles. The number of aliphatic hydroxyl groups is 1. The van der Waals surface area contributed by atoms with Crippen LogP contribution in [0.4, 0.5) is 15.3 Å². The predicted molar refractivity (Wildman–Crippen MR) is 381 cm³/mol. The van der Waals surface area contributed by atoms with Crippen LogP contribution in [0.5, 0.6) is 0 Å². The molecule has 2 fully saturated rings. The number of hydrogen-bond acceptors (Lipinski definition) is 18. The van der Waals surface area contributed by atoms with Gasteiger partial charge in [0, 0.05) is 72.2 Å². The number of likely N-dealkylation sites (N-methyl/N-ethyl adjacent to an activating group) is 2. The number of unbranched alkanes of at least 4 members (excludes halogenated alkanes) is 2. The van der Waals surface area contributed by atoms with Crippen molar-refractivity contribution in [1.82, 2.24) is 46.2 Å². The van der Waals surface area contributed by atoms with Crippen LogP contribution in [0.2, 0.25) is 0 Å². The van der Waals surface area contributed by atoms with Gasteiger partial charge in [0.25, 0.3) is 0 Å². The van der Waals surface area contributed by atoms with Gasteiger partial charge in [0.15, 0.2) is 0 Å². The van der Waals surface area contributed by atoms with Crippen molar-refractivity contribution >= 4 is 88.7 Å². The van der Waals surface area contributed by atoms with Gasteiger partial charge in [0.05, 0.1) is 54.0 Å². The van der Waals surface area contributed by atoms with Crippen LogP contribution in [-0.4, -0.2) is 221 Å². The molecule has 2 aliphatic heterocycles. The minimum absolute atomic E-state index is 0.0229. The standard InChI is InChI=1S/C71H112N12O17S/c1-15-43(8)60(52(98-13)36-55(85)82-35-23-27-51(82)62(99-14)44(9)63(88)75-45(10)61(87)47-24-18-16-19-25-47)80(11)68(93)58(41(4)5)79-66(91)59(42(6)7)81(12)71(97)100-38-46-29-31-48(32-30-46)76-64(89)50(26-22-33-74-70(73)96)77-65(90)57(40(2)3)78-54(84)28-20-17-21-34-83-56(86)37-53(67(83)92)101-39-49(72)69(94)95/h16,18-19,24-25,29-32,40-45,49-53,57-62,87H,15,17,20-23,26-28,33-39,72H2,1-14H3,(H,75,88)(H,76,89)(H,77,90)(H,78,84)(H,79,91)(H,94,95)(H3,73,74,96)/t43-,44+,45+,49+,50-,51-,52+,53?,57-,58-,59-,60-,61+,62+/m0/s1. The molecule has 2 aromatic rings. The first-order valence-electron chi connectivity index (χ1n) is 35.0. The fourth-order valence-electron chi connectivity index (χ4n) is 12.7. The zero-order valence-electron chi connectivity index (χ0n) is 61.2. The lowest BCUT2D eigenvalue weighted by molar-refractivity contribution is -0.148. The molecule has 30 heteroatoms. The highest BCUT2D eigenvalue weighted by Gasteiger charge is 2.45. The van der Waals surface area contributed by atoms with Crippen molar-refractivity contribution in [2.45, 2.75) is 218 Å². The van der Waals surface area contributed by atoms with Crippen LogP contribution in [0.25, 0.3) is 0 Å². The van der Waals surface area contributed by atoms with Gasteiger partial charge in [-0.15, -0.1) is 11.8 Å². The van der Waals surface area contributed by atoms with Gasteiger partial charge in [-0.1, -0.05) is 118 Å². The lowest BCUT2D eigenvalue weighted by Crippen LogP contribution is -2.60. The van der Waals surface area contributed by atoms with E-state index in [4.69, 9.17) is 30.8 Å². The normalized spacial score (nSPS) is 18.2. The minimum Gasteiger partial charge on any atom is -0.480 e. The summed E-state index contributed by atoms with van der Waals surface area (Å²) in [5.41, 5.74) is 12.3. The Morgan fingerprint density at radius 1 is 0.752 bits per heavy atom. The number of carboxylic acid groups (broad SMARTS) is 1. The first-order chi connectivity index (χ1) is 47.7. The molecule has 12 N–H and O–H groups in total. The molecule has 29 nitrogen and oxygen atoms in total. The number of anilines is 1. The predicted octanol–water partition coefficient (Wildman–Crippen LogP) is 4.42. The van der Waals surface area contributed by atoms with E-state index in [-0.39, 0.29) is 81.2 Å². The van der Waals surface area contributed by atoms with Crippen molar-refractivity contribution in [2.24, 2.45) is 41.1 Å². The summed E-state index contributed by atoms with van der Waals surface area (Å²) in [6, 6.07) is 7.35. The first-order valence-corrected chi connectivity index (χ1v) is 36.1. The average molecular weight is 1440 g/mol. The molecule has 12 amide bonds. The highest BCUT2D eigenvalue weighted by Crippen LogP contribution is 2.31. The maximum Gasteiger partial charge on any atom is 0.410 e. The number of carbonyl (C=O) groups is 12.